The maximum absolute atomic E-state index is 13.3. The average Bonchev–Trinajstić information content (AvgIpc) is 3.18. The van der Waals surface area contributed by atoms with Crippen molar-refractivity contribution < 1.29 is 9.18 Å². The van der Waals surface area contributed by atoms with E-state index in [-0.39, 0.29) is 17.8 Å². The minimum atomic E-state index is -0.267. The molecule has 27 heavy (non-hydrogen) atoms. The standard InChI is InChI=1S/C20H22FN5O/c1-12-10-18(25-9-8-17(11-25)23-14(3)27)20-22-13(2)19(26(20)24-12)15-4-6-16(21)7-5-15/h4-7,10,17H,8-9,11H2,1-3H3,(H,23,27)/t17-/m1/s1. The fourth-order valence-corrected chi connectivity index (χ4v) is 3.79. The second-order valence-corrected chi connectivity index (χ2v) is 7.09. The molecular weight excluding hydrogens is 345 g/mol. The summed E-state index contributed by atoms with van der Waals surface area (Å²) >= 11 is 0. The number of benzene rings is 1. The van der Waals surface area contributed by atoms with E-state index in [1.807, 2.05) is 24.4 Å². The number of fused-ring (bicyclic) bond motifs is 1. The molecule has 6 nitrogen and oxygen atoms in total. The molecule has 3 aromatic rings. The zero-order valence-corrected chi connectivity index (χ0v) is 15.7. The number of amides is 1. The highest BCUT2D eigenvalue weighted by Crippen LogP contribution is 2.31. The van der Waals surface area contributed by atoms with Crippen LogP contribution >= 0.6 is 0 Å². The third-order valence-electron chi connectivity index (χ3n) is 4.92. The van der Waals surface area contributed by atoms with E-state index in [2.05, 4.69) is 15.3 Å². The van der Waals surface area contributed by atoms with Gasteiger partial charge in [0.1, 0.15) is 5.82 Å². The van der Waals surface area contributed by atoms with Crippen molar-refractivity contribution in [3.05, 3.63) is 47.5 Å². The van der Waals surface area contributed by atoms with Crippen molar-refractivity contribution in [1.82, 2.24) is 19.9 Å². The number of nitrogens with zero attached hydrogens (tertiary/aromatic N) is 4. The van der Waals surface area contributed by atoms with Crippen LogP contribution in [0.3, 0.4) is 0 Å². The summed E-state index contributed by atoms with van der Waals surface area (Å²) in [6.07, 6.45) is 0.900. The van der Waals surface area contributed by atoms with E-state index in [4.69, 9.17) is 4.98 Å². The molecule has 0 radical (unpaired) electrons. The van der Waals surface area contributed by atoms with Gasteiger partial charge in [0.15, 0.2) is 5.65 Å². The Labute approximate surface area is 157 Å². The lowest BCUT2D eigenvalue weighted by Gasteiger charge is -2.20. The second kappa shape index (κ2) is 6.64. The molecule has 1 N–H and O–H groups in total. The molecule has 4 rings (SSSR count). The van der Waals surface area contributed by atoms with Crippen molar-refractivity contribution in [2.24, 2.45) is 0 Å². The van der Waals surface area contributed by atoms with Crippen molar-refractivity contribution >= 4 is 17.2 Å². The Hall–Kier alpha value is -2.96. The average molecular weight is 367 g/mol. The monoisotopic (exact) mass is 367 g/mol. The van der Waals surface area contributed by atoms with Gasteiger partial charge in [-0.05, 0) is 50.6 Å². The van der Waals surface area contributed by atoms with E-state index in [1.165, 1.54) is 12.1 Å². The topological polar surface area (TPSA) is 62.5 Å². The van der Waals surface area contributed by atoms with Crippen molar-refractivity contribution in [3.63, 3.8) is 0 Å². The third-order valence-corrected chi connectivity index (χ3v) is 4.92. The van der Waals surface area contributed by atoms with Crippen LogP contribution in [0.4, 0.5) is 10.1 Å². The highest BCUT2D eigenvalue weighted by molar-refractivity contribution is 5.76. The fraction of sp³-hybridized carbons (Fsp3) is 0.350. The van der Waals surface area contributed by atoms with Crippen LogP contribution in [0.1, 0.15) is 24.7 Å². The van der Waals surface area contributed by atoms with Gasteiger partial charge in [0.25, 0.3) is 0 Å². The highest BCUT2D eigenvalue weighted by atomic mass is 19.1. The minimum absolute atomic E-state index is 0.00634. The molecule has 2 aromatic heterocycles. The number of hydrogen-bond acceptors (Lipinski definition) is 4. The smallest absolute Gasteiger partial charge is 0.217 e. The molecular formula is C20H22FN5O. The van der Waals surface area contributed by atoms with Crippen LogP contribution in [-0.2, 0) is 4.79 Å². The van der Waals surface area contributed by atoms with E-state index >= 15 is 0 Å². The molecule has 0 unspecified atom stereocenters. The lowest BCUT2D eigenvalue weighted by molar-refractivity contribution is -0.119. The number of hydrogen-bond donors (Lipinski definition) is 1. The van der Waals surface area contributed by atoms with Gasteiger partial charge in [0.2, 0.25) is 5.91 Å². The predicted molar refractivity (Wildman–Crippen MR) is 102 cm³/mol. The van der Waals surface area contributed by atoms with E-state index in [0.717, 1.165) is 53.5 Å². The van der Waals surface area contributed by atoms with Crippen LogP contribution in [0.25, 0.3) is 16.9 Å². The summed E-state index contributed by atoms with van der Waals surface area (Å²) in [5.74, 6) is -0.274. The van der Waals surface area contributed by atoms with Crippen LogP contribution in [0.2, 0.25) is 0 Å². The summed E-state index contributed by atoms with van der Waals surface area (Å²) in [5, 5.41) is 7.65. The van der Waals surface area contributed by atoms with Crippen LogP contribution in [0, 0.1) is 19.7 Å². The summed E-state index contributed by atoms with van der Waals surface area (Å²) < 4.78 is 15.2. The first-order valence-corrected chi connectivity index (χ1v) is 9.07. The van der Waals surface area contributed by atoms with Gasteiger partial charge < -0.3 is 10.2 Å². The van der Waals surface area contributed by atoms with Gasteiger partial charge in [-0.15, -0.1) is 0 Å². The Kier molecular flexibility index (Phi) is 4.30. The lowest BCUT2D eigenvalue weighted by Crippen LogP contribution is -2.35. The number of carbonyl (C=O) groups is 1. The van der Waals surface area contributed by atoms with E-state index < -0.39 is 0 Å². The number of nitrogens with one attached hydrogen (secondary N) is 1. The number of rotatable bonds is 3. The predicted octanol–water partition coefficient (Wildman–Crippen LogP) is 2.87. The summed E-state index contributed by atoms with van der Waals surface area (Å²) in [6.45, 7) is 7.04. The number of imidazole rings is 1. The van der Waals surface area contributed by atoms with Crippen molar-refractivity contribution in [1.29, 1.82) is 0 Å². The number of aromatic nitrogens is 3. The Bertz CT molecular complexity index is 1010. The zero-order valence-electron chi connectivity index (χ0n) is 15.7. The molecule has 1 saturated heterocycles. The van der Waals surface area contributed by atoms with Gasteiger partial charge in [-0.2, -0.15) is 5.10 Å². The van der Waals surface area contributed by atoms with E-state index in [1.54, 1.807) is 19.1 Å². The van der Waals surface area contributed by atoms with Gasteiger partial charge >= 0.3 is 0 Å². The molecule has 1 aromatic carbocycles. The molecule has 1 aliphatic rings. The minimum Gasteiger partial charge on any atom is -0.366 e. The molecule has 0 spiro atoms. The lowest BCUT2D eigenvalue weighted by atomic mass is 10.1. The van der Waals surface area contributed by atoms with Crippen LogP contribution in [-0.4, -0.2) is 39.6 Å². The van der Waals surface area contributed by atoms with Gasteiger partial charge in [-0.1, -0.05) is 0 Å². The second-order valence-electron chi connectivity index (χ2n) is 7.09. The first kappa shape index (κ1) is 17.5. The van der Waals surface area contributed by atoms with Gasteiger partial charge in [-0.3, -0.25) is 4.79 Å². The van der Waals surface area contributed by atoms with Crippen molar-refractivity contribution in [3.8, 4) is 11.3 Å². The molecule has 0 saturated carbocycles. The molecule has 7 heteroatoms. The molecule has 1 aliphatic heterocycles. The Morgan fingerprint density at radius 3 is 2.70 bits per heavy atom. The zero-order chi connectivity index (χ0) is 19.1. The van der Waals surface area contributed by atoms with Gasteiger partial charge in [0, 0.05) is 31.6 Å². The normalized spacial score (nSPS) is 16.9. The molecule has 0 aliphatic carbocycles. The van der Waals surface area contributed by atoms with Gasteiger partial charge in [-0.25, -0.2) is 13.9 Å². The van der Waals surface area contributed by atoms with Crippen LogP contribution < -0.4 is 10.2 Å². The van der Waals surface area contributed by atoms with Crippen LogP contribution in [0.5, 0.6) is 0 Å². The SMILES string of the molecule is CC(=O)N[C@@H]1CCN(c2cc(C)nn3c(-c4ccc(F)cc4)c(C)nc23)C1. The molecule has 1 atom stereocenters. The summed E-state index contributed by atoms with van der Waals surface area (Å²) in [4.78, 5) is 18.4. The van der Waals surface area contributed by atoms with Crippen molar-refractivity contribution in [2.45, 2.75) is 33.2 Å². The Morgan fingerprint density at radius 2 is 2.00 bits per heavy atom. The summed E-state index contributed by atoms with van der Waals surface area (Å²) in [7, 11) is 0. The largest absolute Gasteiger partial charge is 0.366 e. The number of aryl methyl sites for hydroxylation is 2. The molecule has 140 valence electrons. The Morgan fingerprint density at radius 1 is 1.26 bits per heavy atom. The summed E-state index contributed by atoms with van der Waals surface area (Å²) in [5.41, 5.74) is 5.25. The first-order chi connectivity index (χ1) is 12.9. The van der Waals surface area contributed by atoms with Crippen molar-refractivity contribution in [2.75, 3.05) is 18.0 Å². The molecule has 1 amide bonds. The van der Waals surface area contributed by atoms with Gasteiger partial charge in [0.05, 0.1) is 22.8 Å². The number of carbonyl (C=O) groups excluding carboxylic acids is 1. The third kappa shape index (κ3) is 3.25. The first-order valence-electron chi connectivity index (χ1n) is 9.07. The number of halogens is 1. The molecule has 0 bridgehead atoms. The quantitative estimate of drug-likeness (QED) is 0.773. The number of anilines is 1. The van der Waals surface area contributed by atoms with E-state index in [0.29, 0.717) is 0 Å². The maximum Gasteiger partial charge on any atom is 0.217 e. The van der Waals surface area contributed by atoms with E-state index in [9.17, 15) is 9.18 Å². The summed E-state index contributed by atoms with van der Waals surface area (Å²) in [6, 6.07) is 8.57. The molecule has 1 fully saturated rings. The molecule has 3 heterocycles. The highest BCUT2D eigenvalue weighted by Gasteiger charge is 2.26. The van der Waals surface area contributed by atoms with Crippen LogP contribution in [0.15, 0.2) is 30.3 Å². The Balaban J connectivity index is 1.78. The maximum atomic E-state index is 13.3. The fourth-order valence-electron chi connectivity index (χ4n) is 3.79.